The molecule has 1 aromatic heterocycles. The highest BCUT2D eigenvalue weighted by atomic mass is 16.1. The number of carbonyl (C=O) groups excluding carboxylic acids is 1. The topological polar surface area (TPSA) is 42.0 Å². The van der Waals surface area contributed by atoms with Crippen LogP contribution in [0.25, 0.3) is 10.8 Å². The van der Waals surface area contributed by atoms with E-state index in [2.05, 4.69) is 42.3 Å². The predicted octanol–water partition coefficient (Wildman–Crippen LogP) is 4.27. The number of aryl methyl sites for hydroxylation is 2. The Kier molecular flexibility index (Phi) is 4.61. The molecule has 0 radical (unpaired) electrons. The highest BCUT2D eigenvalue weighted by Gasteiger charge is 2.17. The monoisotopic (exact) mass is 318 g/mol. The first-order chi connectivity index (χ1) is 11.6. The van der Waals surface area contributed by atoms with Crippen molar-refractivity contribution in [3.8, 4) is 0 Å². The molecular formula is C21H22N2O. The molecule has 3 rings (SSSR count). The van der Waals surface area contributed by atoms with E-state index in [0.717, 1.165) is 21.9 Å². The molecule has 3 aromatic rings. The number of nitrogens with zero attached hydrogens (tertiary/aromatic N) is 1. The Morgan fingerprint density at radius 1 is 1.17 bits per heavy atom. The second-order valence-corrected chi connectivity index (χ2v) is 6.31. The van der Waals surface area contributed by atoms with Gasteiger partial charge in [-0.3, -0.25) is 9.78 Å². The number of aromatic nitrogens is 1. The van der Waals surface area contributed by atoms with Crippen LogP contribution >= 0.6 is 0 Å². The summed E-state index contributed by atoms with van der Waals surface area (Å²) in [7, 11) is 0. The molecule has 0 fully saturated rings. The maximum absolute atomic E-state index is 12.6. The summed E-state index contributed by atoms with van der Waals surface area (Å²) in [5.74, 6) is -0.165. The summed E-state index contributed by atoms with van der Waals surface area (Å²) in [4.78, 5) is 16.8. The fraction of sp³-hybridized carbons (Fsp3) is 0.238. The highest BCUT2D eigenvalue weighted by Crippen LogP contribution is 2.25. The predicted molar refractivity (Wildman–Crippen MR) is 97.9 cm³/mol. The molecule has 0 aliphatic heterocycles. The highest BCUT2D eigenvalue weighted by molar-refractivity contribution is 5.92. The van der Waals surface area contributed by atoms with Crippen molar-refractivity contribution in [3.63, 3.8) is 0 Å². The number of amides is 1. The first kappa shape index (κ1) is 16.2. The van der Waals surface area contributed by atoms with Gasteiger partial charge in [-0.2, -0.15) is 0 Å². The SMILES string of the molecule is Cc1ccc(C)c(CNC(=O)C(C)c2cccc3cnccc23)c1. The van der Waals surface area contributed by atoms with E-state index in [1.54, 1.807) is 6.20 Å². The van der Waals surface area contributed by atoms with E-state index in [-0.39, 0.29) is 11.8 Å². The second kappa shape index (κ2) is 6.83. The Bertz CT molecular complexity index is 881. The lowest BCUT2D eigenvalue weighted by molar-refractivity contribution is -0.122. The summed E-state index contributed by atoms with van der Waals surface area (Å²) < 4.78 is 0. The van der Waals surface area contributed by atoms with Crippen LogP contribution < -0.4 is 5.32 Å². The van der Waals surface area contributed by atoms with Crippen LogP contribution in [0.3, 0.4) is 0 Å². The molecule has 122 valence electrons. The Morgan fingerprint density at radius 3 is 2.83 bits per heavy atom. The zero-order valence-electron chi connectivity index (χ0n) is 14.3. The maximum atomic E-state index is 12.6. The van der Waals surface area contributed by atoms with Crippen LogP contribution in [-0.4, -0.2) is 10.9 Å². The maximum Gasteiger partial charge on any atom is 0.227 e. The zero-order valence-corrected chi connectivity index (χ0v) is 14.3. The van der Waals surface area contributed by atoms with E-state index in [9.17, 15) is 4.79 Å². The number of benzene rings is 2. The Labute approximate surface area is 142 Å². The number of hydrogen-bond donors (Lipinski definition) is 1. The fourth-order valence-electron chi connectivity index (χ4n) is 2.99. The van der Waals surface area contributed by atoms with E-state index in [1.165, 1.54) is 11.1 Å². The van der Waals surface area contributed by atoms with Crippen LogP contribution in [-0.2, 0) is 11.3 Å². The van der Waals surface area contributed by atoms with Crippen molar-refractivity contribution >= 4 is 16.7 Å². The molecule has 1 amide bonds. The molecule has 0 spiro atoms. The summed E-state index contributed by atoms with van der Waals surface area (Å²) in [6.45, 7) is 6.65. The third-order valence-electron chi connectivity index (χ3n) is 4.53. The van der Waals surface area contributed by atoms with Gasteiger partial charge in [-0.15, -0.1) is 0 Å². The normalized spacial score (nSPS) is 12.1. The van der Waals surface area contributed by atoms with Crippen LogP contribution in [0.4, 0.5) is 0 Å². The standard InChI is InChI=1S/C21H22N2O/c1-14-7-8-15(2)18(11-14)13-23-21(24)16(3)19-6-4-5-17-12-22-10-9-20(17)19/h4-12,16H,13H2,1-3H3,(H,23,24). The quantitative estimate of drug-likeness (QED) is 0.780. The van der Waals surface area contributed by atoms with E-state index < -0.39 is 0 Å². The Balaban J connectivity index is 1.78. The summed E-state index contributed by atoms with van der Waals surface area (Å²) in [5.41, 5.74) is 4.61. The minimum atomic E-state index is -0.207. The minimum Gasteiger partial charge on any atom is -0.351 e. The van der Waals surface area contributed by atoms with Gasteiger partial charge in [0.05, 0.1) is 5.92 Å². The van der Waals surface area contributed by atoms with Gasteiger partial charge in [0.15, 0.2) is 0 Å². The van der Waals surface area contributed by atoms with Gasteiger partial charge in [0.1, 0.15) is 0 Å². The molecule has 0 bridgehead atoms. The molecule has 1 atom stereocenters. The molecule has 0 aliphatic rings. The Morgan fingerprint density at radius 2 is 2.00 bits per heavy atom. The van der Waals surface area contributed by atoms with Crippen LogP contribution in [0.2, 0.25) is 0 Å². The molecule has 0 saturated heterocycles. The minimum absolute atomic E-state index is 0.0419. The van der Waals surface area contributed by atoms with Gasteiger partial charge in [0, 0.05) is 24.3 Å². The van der Waals surface area contributed by atoms with Crippen molar-refractivity contribution in [2.24, 2.45) is 0 Å². The van der Waals surface area contributed by atoms with Gasteiger partial charge in [-0.05, 0) is 48.9 Å². The van der Waals surface area contributed by atoms with Gasteiger partial charge in [-0.1, -0.05) is 42.0 Å². The first-order valence-electron chi connectivity index (χ1n) is 8.23. The number of pyridine rings is 1. The molecule has 1 unspecified atom stereocenters. The average Bonchev–Trinajstić information content (AvgIpc) is 2.61. The van der Waals surface area contributed by atoms with Crippen molar-refractivity contribution in [2.45, 2.75) is 33.2 Å². The third-order valence-corrected chi connectivity index (χ3v) is 4.53. The summed E-state index contributed by atoms with van der Waals surface area (Å²) in [6, 6.07) is 14.3. The molecule has 0 saturated carbocycles. The molecule has 24 heavy (non-hydrogen) atoms. The molecule has 1 heterocycles. The first-order valence-corrected chi connectivity index (χ1v) is 8.23. The van der Waals surface area contributed by atoms with E-state index in [0.29, 0.717) is 6.54 Å². The molecular weight excluding hydrogens is 296 g/mol. The number of rotatable bonds is 4. The second-order valence-electron chi connectivity index (χ2n) is 6.31. The van der Waals surface area contributed by atoms with Gasteiger partial charge in [-0.25, -0.2) is 0 Å². The van der Waals surface area contributed by atoms with E-state index in [4.69, 9.17) is 0 Å². The lowest BCUT2D eigenvalue weighted by Gasteiger charge is -2.16. The number of hydrogen-bond acceptors (Lipinski definition) is 2. The van der Waals surface area contributed by atoms with E-state index in [1.807, 2.05) is 37.4 Å². The van der Waals surface area contributed by atoms with Crippen molar-refractivity contribution in [3.05, 3.63) is 77.1 Å². The summed E-state index contributed by atoms with van der Waals surface area (Å²) >= 11 is 0. The van der Waals surface area contributed by atoms with Crippen LogP contribution in [0.5, 0.6) is 0 Å². The number of carbonyl (C=O) groups is 1. The lowest BCUT2D eigenvalue weighted by atomic mass is 9.95. The summed E-state index contributed by atoms with van der Waals surface area (Å²) in [5, 5.41) is 5.22. The van der Waals surface area contributed by atoms with Crippen LogP contribution in [0.15, 0.2) is 54.9 Å². The molecule has 1 N–H and O–H groups in total. The molecule has 2 aromatic carbocycles. The number of nitrogens with one attached hydrogen (secondary N) is 1. The van der Waals surface area contributed by atoms with Crippen LogP contribution in [0, 0.1) is 13.8 Å². The van der Waals surface area contributed by atoms with Gasteiger partial charge >= 0.3 is 0 Å². The van der Waals surface area contributed by atoms with E-state index >= 15 is 0 Å². The third kappa shape index (κ3) is 3.30. The molecule has 3 nitrogen and oxygen atoms in total. The smallest absolute Gasteiger partial charge is 0.227 e. The molecule has 0 aliphatic carbocycles. The molecule has 3 heteroatoms. The lowest BCUT2D eigenvalue weighted by Crippen LogP contribution is -2.28. The van der Waals surface area contributed by atoms with Crippen molar-refractivity contribution in [2.75, 3.05) is 0 Å². The van der Waals surface area contributed by atoms with Crippen molar-refractivity contribution in [1.29, 1.82) is 0 Å². The van der Waals surface area contributed by atoms with Gasteiger partial charge < -0.3 is 5.32 Å². The van der Waals surface area contributed by atoms with Crippen molar-refractivity contribution < 1.29 is 4.79 Å². The fourth-order valence-corrected chi connectivity index (χ4v) is 2.99. The number of fused-ring (bicyclic) bond motifs is 1. The average molecular weight is 318 g/mol. The van der Waals surface area contributed by atoms with Crippen molar-refractivity contribution in [1.82, 2.24) is 10.3 Å². The Hall–Kier alpha value is -2.68. The zero-order chi connectivity index (χ0) is 17.1. The van der Waals surface area contributed by atoms with Crippen LogP contribution in [0.1, 0.15) is 35.1 Å². The van der Waals surface area contributed by atoms with Gasteiger partial charge in [0.25, 0.3) is 0 Å². The van der Waals surface area contributed by atoms with Gasteiger partial charge in [0.2, 0.25) is 5.91 Å². The largest absolute Gasteiger partial charge is 0.351 e. The summed E-state index contributed by atoms with van der Waals surface area (Å²) in [6.07, 6.45) is 3.60.